The van der Waals surface area contributed by atoms with Crippen molar-refractivity contribution in [3.05, 3.63) is 83.1 Å². The molecule has 3 nitrogen and oxygen atoms in total. The summed E-state index contributed by atoms with van der Waals surface area (Å²) in [4.78, 5) is 4.44. The Morgan fingerprint density at radius 1 is 1.04 bits per heavy atom. The van der Waals surface area contributed by atoms with Gasteiger partial charge in [-0.2, -0.15) is 0 Å². The lowest BCUT2D eigenvalue weighted by atomic mass is 10.1. The monoisotopic (exact) mass is 459 g/mol. The molecule has 1 aromatic heterocycles. The highest BCUT2D eigenvalue weighted by Gasteiger charge is 2.03. The largest absolute Gasteiger partial charge is 0.487 e. The van der Waals surface area contributed by atoms with Crippen molar-refractivity contribution in [2.75, 3.05) is 4.43 Å². The number of aryl methyl sites for hydroxylation is 2. The Bertz CT molecular complexity index is 835. The summed E-state index contributed by atoms with van der Waals surface area (Å²) in [6.07, 6.45) is 7.83. The third-order valence-corrected chi connectivity index (χ3v) is 4.74. The maximum absolute atomic E-state index is 5.79. The van der Waals surface area contributed by atoms with Crippen LogP contribution in [-0.4, -0.2) is 9.41 Å². The fourth-order valence-electron chi connectivity index (χ4n) is 2.49. The van der Waals surface area contributed by atoms with Crippen molar-refractivity contribution in [1.29, 1.82) is 0 Å². The van der Waals surface area contributed by atoms with Crippen LogP contribution in [0.3, 0.4) is 0 Å². The van der Waals surface area contributed by atoms with Crippen LogP contribution in [0.25, 0.3) is 12.2 Å². The summed E-state index contributed by atoms with van der Waals surface area (Å²) >= 11 is 2.41. The summed E-state index contributed by atoms with van der Waals surface area (Å²) in [7, 11) is 0. The molecule has 26 heavy (non-hydrogen) atoms. The molecule has 0 unspecified atom stereocenters. The molecule has 0 amide bonds. The molecule has 3 rings (SSSR count). The minimum Gasteiger partial charge on any atom is -0.487 e. The van der Waals surface area contributed by atoms with E-state index in [1.807, 2.05) is 24.3 Å². The second-order valence-electron chi connectivity index (χ2n) is 6.15. The lowest BCUT2D eigenvalue weighted by Crippen LogP contribution is -1.96. The Hall–Kier alpha value is -2.08. The van der Waals surface area contributed by atoms with Gasteiger partial charge in [0.1, 0.15) is 24.3 Å². The van der Waals surface area contributed by atoms with Crippen LogP contribution >= 0.6 is 22.6 Å². The first-order valence-corrected chi connectivity index (χ1v) is 10.2. The second kappa shape index (κ2) is 9.57. The molecule has 0 saturated carbocycles. The van der Waals surface area contributed by atoms with Gasteiger partial charge in [-0.25, -0.2) is 4.98 Å². The molecule has 0 N–H and O–H groups in total. The molecule has 0 saturated heterocycles. The molecule has 0 bridgehead atoms. The summed E-state index contributed by atoms with van der Waals surface area (Å²) in [5, 5.41) is 0. The van der Waals surface area contributed by atoms with E-state index in [1.54, 1.807) is 6.26 Å². The highest BCUT2D eigenvalue weighted by Crippen LogP contribution is 2.16. The van der Waals surface area contributed by atoms with E-state index in [1.165, 1.54) is 22.0 Å². The summed E-state index contributed by atoms with van der Waals surface area (Å²) in [5.41, 5.74) is 4.49. The molecule has 0 spiro atoms. The molecule has 0 radical (unpaired) electrons. The van der Waals surface area contributed by atoms with Gasteiger partial charge >= 0.3 is 0 Å². The standard InChI is InChI=1S/C22H22INO2/c1-17-4-6-19(7-5-17)10-13-22-24-20(16-26-22)15-25-21-11-8-18(9-12-21)3-2-14-23/h4-13,16H,2-3,14-15H2,1H3/b13-10+. The van der Waals surface area contributed by atoms with E-state index in [0.29, 0.717) is 12.5 Å². The van der Waals surface area contributed by atoms with E-state index in [9.17, 15) is 0 Å². The van der Waals surface area contributed by atoms with Crippen molar-refractivity contribution in [3.8, 4) is 5.75 Å². The third-order valence-electron chi connectivity index (χ3n) is 3.97. The van der Waals surface area contributed by atoms with Gasteiger partial charge in [0.15, 0.2) is 0 Å². The first kappa shape index (κ1) is 18.7. The third kappa shape index (κ3) is 5.73. The van der Waals surface area contributed by atoms with Crippen LogP contribution in [0.5, 0.6) is 5.75 Å². The molecular formula is C22H22INO2. The number of alkyl halides is 1. The molecule has 3 aromatic rings. The number of oxazole rings is 1. The number of aromatic nitrogens is 1. The Balaban J connectivity index is 1.52. The van der Waals surface area contributed by atoms with Crippen LogP contribution in [0.1, 0.15) is 34.7 Å². The van der Waals surface area contributed by atoms with Crippen LogP contribution in [0, 0.1) is 6.92 Å². The molecule has 1 heterocycles. The normalized spacial score (nSPS) is 11.2. The highest BCUT2D eigenvalue weighted by atomic mass is 127. The molecule has 0 aliphatic carbocycles. The topological polar surface area (TPSA) is 35.3 Å². The van der Waals surface area contributed by atoms with Gasteiger partial charge in [-0.15, -0.1) is 0 Å². The first-order chi connectivity index (χ1) is 12.7. The zero-order valence-electron chi connectivity index (χ0n) is 14.8. The van der Waals surface area contributed by atoms with Gasteiger partial charge in [0.05, 0.1) is 0 Å². The smallest absolute Gasteiger partial charge is 0.218 e. The molecule has 2 aromatic carbocycles. The lowest BCUT2D eigenvalue weighted by Gasteiger charge is -2.05. The number of rotatable bonds is 8. The van der Waals surface area contributed by atoms with Crippen LogP contribution in [0.2, 0.25) is 0 Å². The van der Waals surface area contributed by atoms with Crippen molar-refractivity contribution < 1.29 is 9.15 Å². The van der Waals surface area contributed by atoms with E-state index in [-0.39, 0.29) is 0 Å². The van der Waals surface area contributed by atoms with Crippen molar-refractivity contribution in [2.45, 2.75) is 26.4 Å². The molecular weight excluding hydrogens is 437 g/mol. The van der Waals surface area contributed by atoms with Gasteiger partial charge in [0, 0.05) is 6.08 Å². The molecule has 4 heteroatoms. The lowest BCUT2D eigenvalue weighted by molar-refractivity contribution is 0.301. The molecule has 0 atom stereocenters. The number of benzene rings is 2. The van der Waals surface area contributed by atoms with Gasteiger partial charge in [-0.3, -0.25) is 0 Å². The molecule has 134 valence electrons. The van der Waals surface area contributed by atoms with Gasteiger partial charge in [-0.1, -0.05) is 64.6 Å². The van der Waals surface area contributed by atoms with E-state index in [0.717, 1.165) is 23.4 Å². The summed E-state index contributed by atoms with van der Waals surface area (Å²) in [5.74, 6) is 1.43. The maximum atomic E-state index is 5.79. The van der Waals surface area contributed by atoms with Crippen molar-refractivity contribution in [1.82, 2.24) is 4.98 Å². The van der Waals surface area contributed by atoms with Crippen molar-refractivity contribution in [2.24, 2.45) is 0 Å². The van der Waals surface area contributed by atoms with Crippen LogP contribution in [0.4, 0.5) is 0 Å². The van der Waals surface area contributed by atoms with E-state index < -0.39 is 0 Å². The average Bonchev–Trinajstić information content (AvgIpc) is 3.13. The number of hydrogen-bond acceptors (Lipinski definition) is 3. The minimum absolute atomic E-state index is 0.398. The minimum atomic E-state index is 0.398. The van der Waals surface area contributed by atoms with Gasteiger partial charge in [-0.05, 0) is 53.5 Å². The predicted molar refractivity (Wildman–Crippen MR) is 115 cm³/mol. The van der Waals surface area contributed by atoms with Crippen molar-refractivity contribution in [3.63, 3.8) is 0 Å². The fraction of sp³-hybridized carbons (Fsp3) is 0.227. The highest BCUT2D eigenvalue weighted by molar-refractivity contribution is 14.1. The Labute approximate surface area is 168 Å². The van der Waals surface area contributed by atoms with Crippen molar-refractivity contribution >= 4 is 34.7 Å². The van der Waals surface area contributed by atoms with Gasteiger partial charge < -0.3 is 9.15 Å². The zero-order chi connectivity index (χ0) is 18.2. The fourth-order valence-corrected chi connectivity index (χ4v) is 2.87. The molecule has 0 aliphatic heterocycles. The molecule has 0 fully saturated rings. The number of halogens is 1. The number of hydrogen-bond donors (Lipinski definition) is 0. The summed E-state index contributed by atoms with van der Waals surface area (Å²) < 4.78 is 12.5. The van der Waals surface area contributed by atoms with E-state index in [2.05, 4.69) is 70.9 Å². The summed E-state index contributed by atoms with van der Waals surface area (Å²) in [6, 6.07) is 16.6. The van der Waals surface area contributed by atoms with Crippen LogP contribution < -0.4 is 4.74 Å². The van der Waals surface area contributed by atoms with E-state index in [4.69, 9.17) is 9.15 Å². The quantitative estimate of drug-likeness (QED) is 0.302. The summed E-state index contributed by atoms with van der Waals surface area (Å²) in [6.45, 7) is 2.47. The van der Waals surface area contributed by atoms with E-state index >= 15 is 0 Å². The number of nitrogens with zero attached hydrogens (tertiary/aromatic N) is 1. The number of ether oxygens (including phenoxy) is 1. The zero-order valence-corrected chi connectivity index (χ0v) is 17.0. The SMILES string of the molecule is Cc1ccc(/C=C/c2nc(COc3ccc(CCCI)cc3)co2)cc1. The Morgan fingerprint density at radius 3 is 2.54 bits per heavy atom. The first-order valence-electron chi connectivity index (χ1n) is 8.70. The van der Waals surface area contributed by atoms with Gasteiger partial charge in [0.2, 0.25) is 5.89 Å². The molecule has 0 aliphatic rings. The van der Waals surface area contributed by atoms with Crippen LogP contribution in [-0.2, 0) is 13.0 Å². The Morgan fingerprint density at radius 2 is 1.81 bits per heavy atom. The second-order valence-corrected chi connectivity index (χ2v) is 7.23. The Kier molecular flexibility index (Phi) is 6.89. The average molecular weight is 459 g/mol. The van der Waals surface area contributed by atoms with Crippen LogP contribution in [0.15, 0.2) is 59.2 Å². The maximum Gasteiger partial charge on any atom is 0.218 e. The van der Waals surface area contributed by atoms with Gasteiger partial charge in [0.25, 0.3) is 0 Å². The predicted octanol–water partition coefficient (Wildman–Crippen LogP) is 6.10.